The van der Waals surface area contributed by atoms with Crippen LogP contribution in [0.5, 0.6) is 11.5 Å². The minimum atomic E-state index is 0.160. The fourth-order valence-electron chi connectivity index (χ4n) is 2.43. The van der Waals surface area contributed by atoms with Gasteiger partial charge < -0.3 is 15.2 Å². The Kier molecular flexibility index (Phi) is 4.71. The molecule has 5 heteroatoms. The van der Waals surface area contributed by atoms with Gasteiger partial charge in [0.05, 0.1) is 11.6 Å². The van der Waals surface area contributed by atoms with Crippen molar-refractivity contribution >= 4 is 15.9 Å². The number of phenolic OH excluding ortho intramolecular Hbond substituents is 1. The van der Waals surface area contributed by atoms with Gasteiger partial charge in [0.15, 0.2) is 11.5 Å². The number of nitrogens with zero attached hydrogens (tertiary/aromatic N) is 1. The molecule has 0 spiro atoms. The molecule has 0 aliphatic carbocycles. The van der Waals surface area contributed by atoms with Crippen molar-refractivity contribution in [3.05, 3.63) is 22.2 Å². The summed E-state index contributed by atoms with van der Waals surface area (Å²) < 4.78 is 5.87. The van der Waals surface area contributed by atoms with E-state index in [-0.39, 0.29) is 5.75 Å². The number of nitrogens with one attached hydrogen (secondary N) is 1. The second-order valence-electron chi connectivity index (χ2n) is 5.22. The quantitative estimate of drug-likeness (QED) is 0.894. The second-order valence-corrected chi connectivity index (χ2v) is 6.07. The van der Waals surface area contributed by atoms with Crippen molar-refractivity contribution in [2.75, 3.05) is 20.2 Å². The summed E-state index contributed by atoms with van der Waals surface area (Å²) in [4.78, 5) is 2.44. The van der Waals surface area contributed by atoms with Crippen LogP contribution in [-0.2, 0) is 6.54 Å². The SMILES string of the molecule is COc1cc(CN2CC(C)NCC2C)cc(Br)c1O. The lowest BCUT2D eigenvalue weighted by Gasteiger charge is -2.37. The number of piperazine rings is 1. The molecule has 1 aromatic rings. The highest BCUT2D eigenvalue weighted by Crippen LogP contribution is 2.35. The molecule has 0 radical (unpaired) electrons. The largest absolute Gasteiger partial charge is 0.503 e. The average Bonchev–Trinajstić information content (AvgIpc) is 2.38. The van der Waals surface area contributed by atoms with Crippen molar-refractivity contribution in [2.24, 2.45) is 0 Å². The molecule has 0 bridgehead atoms. The normalized spacial score (nSPS) is 24.4. The molecule has 1 aromatic carbocycles. The standard InChI is InChI=1S/C14H21BrN2O2/c1-9-7-17(10(2)6-16-9)8-11-4-12(15)14(18)13(5-11)19-3/h4-5,9-10,16,18H,6-8H2,1-3H3. The van der Waals surface area contributed by atoms with E-state index in [1.165, 1.54) is 0 Å². The molecule has 1 heterocycles. The lowest BCUT2D eigenvalue weighted by atomic mass is 10.1. The molecule has 2 atom stereocenters. The Morgan fingerprint density at radius 3 is 2.89 bits per heavy atom. The zero-order chi connectivity index (χ0) is 14.0. The molecule has 0 amide bonds. The Morgan fingerprint density at radius 2 is 2.21 bits per heavy atom. The predicted molar refractivity (Wildman–Crippen MR) is 79.7 cm³/mol. The average molecular weight is 329 g/mol. The molecule has 106 valence electrons. The van der Waals surface area contributed by atoms with Crippen LogP contribution in [0.4, 0.5) is 0 Å². The number of halogens is 1. The highest BCUT2D eigenvalue weighted by Gasteiger charge is 2.22. The molecule has 2 rings (SSSR count). The Bertz CT molecular complexity index is 453. The van der Waals surface area contributed by atoms with Crippen LogP contribution in [0.25, 0.3) is 0 Å². The summed E-state index contributed by atoms with van der Waals surface area (Å²) in [6.45, 7) is 7.33. The van der Waals surface area contributed by atoms with Gasteiger partial charge in [-0.25, -0.2) is 0 Å². The number of benzene rings is 1. The summed E-state index contributed by atoms with van der Waals surface area (Å²) >= 11 is 3.37. The van der Waals surface area contributed by atoms with Crippen molar-refractivity contribution in [3.8, 4) is 11.5 Å². The Labute approximate surface area is 122 Å². The molecule has 1 aliphatic rings. The van der Waals surface area contributed by atoms with Gasteiger partial charge in [-0.3, -0.25) is 4.90 Å². The van der Waals surface area contributed by atoms with Gasteiger partial charge in [-0.05, 0) is 47.5 Å². The molecular formula is C14H21BrN2O2. The second kappa shape index (κ2) is 6.11. The summed E-state index contributed by atoms with van der Waals surface area (Å²) in [6.07, 6.45) is 0. The summed E-state index contributed by atoms with van der Waals surface area (Å²) in [5.74, 6) is 0.674. The maximum atomic E-state index is 9.83. The van der Waals surface area contributed by atoms with Crippen LogP contribution >= 0.6 is 15.9 Å². The minimum absolute atomic E-state index is 0.160. The first kappa shape index (κ1) is 14.6. The van der Waals surface area contributed by atoms with Gasteiger partial charge in [-0.15, -0.1) is 0 Å². The van der Waals surface area contributed by atoms with Gasteiger partial charge >= 0.3 is 0 Å². The van der Waals surface area contributed by atoms with Gasteiger partial charge in [-0.1, -0.05) is 0 Å². The summed E-state index contributed by atoms with van der Waals surface area (Å²) in [5, 5.41) is 13.3. The maximum Gasteiger partial charge on any atom is 0.172 e. The number of ether oxygens (including phenoxy) is 1. The monoisotopic (exact) mass is 328 g/mol. The molecule has 0 aromatic heterocycles. The van der Waals surface area contributed by atoms with Crippen molar-refractivity contribution in [1.82, 2.24) is 10.2 Å². The number of phenols is 1. The van der Waals surface area contributed by atoms with E-state index in [4.69, 9.17) is 4.74 Å². The molecule has 4 nitrogen and oxygen atoms in total. The van der Waals surface area contributed by atoms with E-state index in [1.54, 1.807) is 7.11 Å². The molecule has 2 unspecified atom stereocenters. The number of hydrogen-bond donors (Lipinski definition) is 2. The van der Waals surface area contributed by atoms with E-state index in [9.17, 15) is 5.11 Å². The molecule has 1 fully saturated rings. The van der Waals surface area contributed by atoms with Crippen LogP contribution in [0.3, 0.4) is 0 Å². The third-order valence-electron chi connectivity index (χ3n) is 3.59. The first-order valence-electron chi connectivity index (χ1n) is 6.54. The first-order valence-corrected chi connectivity index (χ1v) is 7.33. The van der Waals surface area contributed by atoms with Crippen molar-refractivity contribution in [2.45, 2.75) is 32.5 Å². The van der Waals surface area contributed by atoms with Gasteiger partial charge in [-0.2, -0.15) is 0 Å². The van der Waals surface area contributed by atoms with Gasteiger partial charge in [0.1, 0.15) is 0 Å². The van der Waals surface area contributed by atoms with Gasteiger partial charge in [0.25, 0.3) is 0 Å². The Morgan fingerprint density at radius 1 is 1.47 bits per heavy atom. The molecule has 1 saturated heterocycles. The molecule has 2 N–H and O–H groups in total. The molecule has 0 saturated carbocycles. The summed E-state index contributed by atoms with van der Waals surface area (Å²) in [5.41, 5.74) is 1.14. The Balaban J connectivity index is 2.16. The minimum Gasteiger partial charge on any atom is -0.503 e. The van der Waals surface area contributed by atoms with E-state index in [1.807, 2.05) is 12.1 Å². The van der Waals surface area contributed by atoms with E-state index >= 15 is 0 Å². The summed E-state index contributed by atoms with van der Waals surface area (Å²) in [7, 11) is 1.57. The third-order valence-corrected chi connectivity index (χ3v) is 4.19. The molecule has 1 aliphatic heterocycles. The summed E-state index contributed by atoms with van der Waals surface area (Å²) in [6, 6.07) is 4.88. The zero-order valence-corrected chi connectivity index (χ0v) is 13.2. The van der Waals surface area contributed by atoms with Crippen LogP contribution in [-0.4, -0.2) is 42.3 Å². The van der Waals surface area contributed by atoms with Crippen LogP contribution in [0.15, 0.2) is 16.6 Å². The number of rotatable bonds is 3. The molecular weight excluding hydrogens is 308 g/mol. The van der Waals surface area contributed by atoms with Gasteiger partial charge in [0, 0.05) is 31.7 Å². The van der Waals surface area contributed by atoms with Crippen LogP contribution in [0.2, 0.25) is 0 Å². The lowest BCUT2D eigenvalue weighted by Crippen LogP contribution is -2.53. The van der Waals surface area contributed by atoms with E-state index in [0.717, 1.165) is 25.2 Å². The third kappa shape index (κ3) is 3.41. The highest BCUT2D eigenvalue weighted by molar-refractivity contribution is 9.10. The predicted octanol–water partition coefficient (Wildman–Crippen LogP) is 2.35. The lowest BCUT2D eigenvalue weighted by molar-refractivity contribution is 0.138. The van der Waals surface area contributed by atoms with Crippen molar-refractivity contribution in [1.29, 1.82) is 0 Å². The Hall–Kier alpha value is -0.780. The fraction of sp³-hybridized carbons (Fsp3) is 0.571. The smallest absolute Gasteiger partial charge is 0.172 e. The van der Waals surface area contributed by atoms with Crippen LogP contribution in [0, 0.1) is 0 Å². The van der Waals surface area contributed by atoms with Crippen molar-refractivity contribution < 1.29 is 9.84 Å². The van der Waals surface area contributed by atoms with Gasteiger partial charge in [0.2, 0.25) is 0 Å². The van der Waals surface area contributed by atoms with E-state index in [0.29, 0.717) is 22.3 Å². The number of methoxy groups -OCH3 is 1. The zero-order valence-electron chi connectivity index (χ0n) is 11.6. The van der Waals surface area contributed by atoms with Crippen LogP contribution in [0.1, 0.15) is 19.4 Å². The first-order chi connectivity index (χ1) is 9.01. The molecule has 19 heavy (non-hydrogen) atoms. The number of aromatic hydroxyl groups is 1. The van der Waals surface area contributed by atoms with E-state index < -0.39 is 0 Å². The van der Waals surface area contributed by atoms with Crippen molar-refractivity contribution in [3.63, 3.8) is 0 Å². The topological polar surface area (TPSA) is 44.7 Å². The highest BCUT2D eigenvalue weighted by atomic mass is 79.9. The maximum absolute atomic E-state index is 9.83. The van der Waals surface area contributed by atoms with Crippen LogP contribution < -0.4 is 10.1 Å². The number of hydrogen-bond acceptors (Lipinski definition) is 4. The van der Waals surface area contributed by atoms with E-state index in [2.05, 4.69) is 40.0 Å². The fourth-order valence-corrected chi connectivity index (χ4v) is 2.92.